The van der Waals surface area contributed by atoms with Crippen molar-refractivity contribution in [2.45, 2.75) is 59.3 Å². The molecule has 0 saturated heterocycles. The van der Waals surface area contributed by atoms with Crippen LogP contribution < -0.4 is 59.0 Å². The van der Waals surface area contributed by atoms with Gasteiger partial charge in [0.15, 0.2) is 5.16 Å². The van der Waals surface area contributed by atoms with Gasteiger partial charge < -0.3 is 55.7 Å². The van der Waals surface area contributed by atoms with Crippen LogP contribution >= 0.6 is 23.1 Å². The third-order valence-corrected chi connectivity index (χ3v) is 20.5. The molecule has 36 nitrogen and oxygen atoms in total. The van der Waals surface area contributed by atoms with Crippen molar-refractivity contribution < 1.29 is 19.2 Å². The van der Waals surface area contributed by atoms with Crippen LogP contribution in [0.3, 0.4) is 0 Å². The van der Waals surface area contributed by atoms with E-state index in [1.54, 1.807) is 87.8 Å². The Labute approximate surface area is 697 Å². The quantitative estimate of drug-likeness (QED) is 0.0264. The molecular weight excluding hydrogens is 1580 g/mol. The SMILES string of the molecule is CCNC(=O)Nc1nc2c(-c3cn4c(n3)NCCC4)cc(-c3cccnc3)cc2[nH]1.CCNC(=O)Nc1nc2c(-c3nccs3)cc(-c3cccnc3)cc2[nH]1.CCNC(=O)Nc1nc2c(-n3cccn3)cc(-c3cc(=O)n(C)c(SC)n3)cc2[nH]1.CCNC(=O)Nc1nc2c(-n3cccn3)cc(-c3cc(C)n(Cc4ccccn4)c(=O)c3)cc2[nH]1. The number of hydrogen-bond acceptors (Lipinski definition) is 21. The van der Waals surface area contributed by atoms with Crippen LogP contribution in [0.1, 0.15) is 45.5 Å². The minimum Gasteiger partial charge on any atom is -0.356 e. The Balaban J connectivity index is 0.000000126. The Morgan fingerprint density at radius 3 is 1.49 bits per heavy atom. The van der Waals surface area contributed by atoms with E-state index in [-0.39, 0.29) is 35.2 Å². The van der Waals surface area contributed by atoms with Crippen molar-refractivity contribution in [1.82, 2.24) is 124 Å². The van der Waals surface area contributed by atoms with Gasteiger partial charge in [0.1, 0.15) is 27.1 Å². The number of amides is 8. The molecule has 0 atom stereocenters. The van der Waals surface area contributed by atoms with Gasteiger partial charge in [-0.05, 0) is 161 Å². The Morgan fingerprint density at radius 1 is 0.496 bits per heavy atom. The molecule has 1 aliphatic heterocycles. The van der Waals surface area contributed by atoms with Crippen LogP contribution in [0.15, 0.2) is 210 Å². The molecule has 612 valence electrons. The second kappa shape index (κ2) is 36.8. The first-order valence-corrected chi connectivity index (χ1v) is 40.7. The van der Waals surface area contributed by atoms with Crippen LogP contribution in [0.25, 0.3) is 122 Å². The van der Waals surface area contributed by atoms with E-state index in [4.69, 9.17) is 4.98 Å². The first kappa shape index (κ1) is 80.7. The molecule has 0 unspecified atom stereocenters. The average Bonchev–Trinajstić information content (AvgIpc) is 1.74. The minimum atomic E-state index is -0.352. The number of carbonyl (C=O) groups excluding carboxylic acids is 4. The topological polar surface area (TPSA) is 453 Å². The molecule has 0 bridgehead atoms. The normalized spacial score (nSPS) is 11.5. The number of rotatable bonds is 19. The summed E-state index contributed by atoms with van der Waals surface area (Å²) < 4.78 is 8.72. The van der Waals surface area contributed by atoms with Crippen LogP contribution in [0.2, 0.25) is 0 Å². The fraction of sp³-hybridized carbons (Fsp3) is 0.181. The summed E-state index contributed by atoms with van der Waals surface area (Å²) in [4.78, 5) is 131. The number of thiazole rings is 1. The van der Waals surface area contributed by atoms with E-state index in [9.17, 15) is 28.8 Å². The van der Waals surface area contributed by atoms with Gasteiger partial charge in [-0.2, -0.15) is 10.2 Å². The van der Waals surface area contributed by atoms with Crippen molar-refractivity contribution in [3.05, 3.63) is 227 Å². The molecular formula is C83H82N30O6S2. The summed E-state index contributed by atoms with van der Waals surface area (Å²) in [6.07, 6.45) is 22.6. The highest BCUT2D eigenvalue weighted by Gasteiger charge is 2.23. The lowest BCUT2D eigenvalue weighted by molar-refractivity contribution is 0.251. The zero-order chi connectivity index (χ0) is 84.0. The van der Waals surface area contributed by atoms with E-state index in [0.29, 0.717) is 95.1 Å². The predicted molar refractivity (Wildman–Crippen MR) is 469 cm³/mol. The van der Waals surface area contributed by atoms with Gasteiger partial charge in [-0.15, -0.1) is 11.3 Å². The second-order valence-corrected chi connectivity index (χ2v) is 28.9. The molecule has 13 N–H and O–H groups in total. The maximum absolute atomic E-state index is 13.0. The molecule has 13 aromatic heterocycles. The number of pyridine rings is 4. The largest absolute Gasteiger partial charge is 0.356 e. The molecule has 8 amide bonds. The van der Waals surface area contributed by atoms with Crippen LogP contribution in [-0.2, 0) is 20.1 Å². The lowest BCUT2D eigenvalue weighted by Gasteiger charge is -2.14. The predicted octanol–water partition coefficient (Wildman–Crippen LogP) is 13.2. The summed E-state index contributed by atoms with van der Waals surface area (Å²) in [7, 11) is 1.69. The molecule has 0 spiro atoms. The molecule has 18 rings (SSSR count). The fourth-order valence-electron chi connectivity index (χ4n) is 13.4. The van der Waals surface area contributed by atoms with Crippen molar-refractivity contribution >= 4 is 121 Å². The number of H-pyrrole nitrogens is 4. The monoisotopic (exact) mass is 1660 g/mol. The molecule has 1 aliphatic rings. The molecule has 14 heterocycles. The molecule has 0 fully saturated rings. The zero-order valence-corrected chi connectivity index (χ0v) is 68.1. The van der Waals surface area contributed by atoms with Crippen molar-refractivity contribution in [3.8, 4) is 77.8 Å². The van der Waals surface area contributed by atoms with E-state index >= 15 is 0 Å². The number of nitrogens with one attached hydrogen (secondary N) is 13. The number of aromatic nitrogens is 21. The first-order valence-electron chi connectivity index (χ1n) is 38.6. The number of carbonyl (C=O) groups is 4. The molecule has 17 aromatic rings. The van der Waals surface area contributed by atoms with Crippen LogP contribution in [0.5, 0.6) is 0 Å². The Kier molecular flexibility index (Phi) is 24.5. The van der Waals surface area contributed by atoms with E-state index in [1.807, 2.05) is 156 Å². The number of aromatic amines is 4. The number of anilines is 5. The third kappa shape index (κ3) is 18.7. The number of hydrogen-bond donors (Lipinski definition) is 13. The number of urea groups is 4. The van der Waals surface area contributed by atoms with Gasteiger partial charge in [-0.25, -0.2) is 63.4 Å². The second-order valence-electron chi connectivity index (χ2n) is 27.2. The number of nitrogens with zero attached hydrogens (tertiary/aromatic N) is 17. The standard InChI is InChI=1S/C25H24N8O2.C21H22N8O.C19H20N8O2S.C18H16N6OS/c1-3-26-25(35)31-24-29-20-12-18(13-21(23(20)30-24)33-10-6-9-28-33)17-11-16(2)32(22(34)14-17)15-19-7-4-5-8-27-19;1-2-23-21(30)28-19-25-16-10-14(13-5-3-6-22-11-13)9-15(18(16)27-19)17-12-29-8-4-7-24-20(29)26-17;1-4-20-18(29)25-17-22-13-8-11(12-10-15(28)26(2)19(23-12)30-3)9-14(16(13)24-17)27-7-5-6-21-27;1-2-20-18(25)24-17-22-14-9-12(11-4-3-5-19-10-11)8-13(15(14)23-17)16-21-6-7-26-16/h4-14H,3,15H2,1-2H3,(H3,26,29,30,31,35);3,5-6,9-12H,2,4,7-8H2,1H3,(H,24,26)(H3,23,25,27,28,30);5-10H,4H2,1-3H3,(H3,20,22,24,25,29);3-10H,2H2,1H3,(H3,20,22,23,24,25). The highest BCUT2D eigenvalue weighted by atomic mass is 32.2. The Hall–Kier alpha value is -15.5. The van der Waals surface area contributed by atoms with Gasteiger partial charge in [-0.3, -0.25) is 50.4 Å². The van der Waals surface area contributed by atoms with E-state index < -0.39 is 0 Å². The maximum Gasteiger partial charge on any atom is 0.321 e. The first-order chi connectivity index (χ1) is 59.0. The summed E-state index contributed by atoms with van der Waals surface area (Å²) in [6, 6.07) is 36.6. The molecule has 0 saturated carbocycles. The minimum absolute atomic E-state index is 0.116. The summed E-state index contributed by atoms with van der Waals surface area (Å²) in [5.74, 6) is 2.28. The Morgan fingerprint density at radius 2 is 1.01 bits per heavy atom. The van der Waals surface area contributed by atoms with Gasteiger partial charge in [-0.1, -0.05) is 30.0 Å². The number of aryl methyl sites for hydroxylation is 2. The smallest absolute Gasteiger partial charge is 0.321 e. The number of benzene rings is 4. The van der Waals surface area contributed by atoms with Crippen molar-refractivity contribution in [2.75, 3.05) is 65.6 Å². The number of fused-ring (bicyclic) bond motifs is 5. The van der Waals surface area contributed by atoms with Crippen LogP contribution in [0.4, 0.5) is 48.9 Å². The van der Waals surface area contributed by atoms with Gasteiger partial charge in [0.05, 0.1) is 57.1 Å². The van der Waals surface area contributed by atoms with Crippen molar-refractivity contribution in [3.63, 3.8) is 0 Å². The zero-order valence-electron chi connectivity index (χ0n) is 66.5. The lowest BCUT2D eigenvalue weighted by atomic mass is 10.0. The van der Waals surface area contributed by atoms with Gasteiger partial charge >= 0.3 is 24.1 Å². The molecule has 4 aromatic carbocycles. The van der Waals surface area contributed by atoms with E-state index in [0.717, 1.165) is 125 Å². The molecule has 0 radical (unpaired) electrons. The summed E-state index contributed by atoms with van der Waals surface area (Å²) in [5, 5.41) is 37.0. The molecule has 121 heavy (non-hydrogen) atoms. The third-order valence-electron chi connectivity index (χ3n) is 18.9. The highest BCUT2D eigenvalue weighted by molar-refractivity contribution is 7.98. The molecule has 38 heteroatoms. The fourth-order valence-corrected chi connectivity index (χ4v) is 14.6. The van der Waals surface area contributed by atoms with Gasteiger partial charge in [0.25, 0.3) is 11.1 Å². The van der Waals surface area contributed by atoms with Crippen LogP contribution in [0, 0.1) is 6.92 Å². The number of thioether (sulfide) groups is 1. The van der Waals surface area contributed by atoms with Gasteiger partial charge in [0.2, 0.25) is 29.7 Å². The van der Waals surface area contributed by atoms with E-state index in [1.165, 1.54) is 22.4 Å². The highest BCUT2D eigenvalue weighted by Crippen LogP contribution is 2.38. The lowest BCUT2D eigenvalue weighted by Crippen LogP contribution is -2.28. The average molecular weight is 1660 g/mol. The van der Waals surface area contributed by atoms with Crippen molar-refractivity contribution in [1.29, 1.82) is 0 Å². The van der Waals surface area contributed by atoms with Crippen LogP contribution in [-0.4, -0.2) is 166 Å². The summed E-state index contributed by atoms with van der Waals surface area (Å²) in [6.45, 7) is 13.6. The van der Waals surface area contributed by atoms with Gasteiger partial charge in [0, 0.05) is 166 Å². The van der Waals surface area contributed by atoms with E-state index in [2.05, 4.69) is 146 Å². The Bertz CT molecular complexity index is 6650. The summed E-state index contributed by atoms with van der Waals surface area (Å²) >= 11 is 2.94. The number of imidazole rings is 5. The van der Waals surface area contributed by atoms with Crippen molar-refractivity contribution in [2.24, 2.45) is 7.05 Å². The molecule has 0 aliphatic carbocycles. The maximum atomic E-state index is 13.0. The summed E-state index contributed by atoms with van der Waals surface area (Å²) in [5.41, 5.74) is 18.1.